The van der Waals surface area contributed by atoms with E-state index in [0.717, 1.165) is 24.1 Å². The first-order valence-corrected chi connectivity index (χ1v) is 6.61. The molecule has 5 heteroatoms. The number of hydrogen-bond donors (Lipinski definition) is 1. The summed E-state index contributed by atoms with van der Waals surface area (Å²) in [5.74, 6) is 0.606. The first kappa shape index (κ1) is 12.4. The second-order valence-corrected chi connectivity index (χ2v) is 4.91. The van der Waals surface area contributed by atoms with Gasteiger partial charge in [0.15, 0.2) is 0 Å². The number of nitrogen functional groups attached to an aromatic ring is 1. The number of benzene rings is 1. The normalized spacial score (nSPS) is 13.8. The van der Waals surface area contributed by atoms with Gasteiger partial charge in [0.2, 0.25) is 5.95 Å². The Kier molecular flexibility index (Phi) is 3.21. The van der Waals surface area contributed by atoms with E-state index in [1.165, 1.54) is 0 Å². The lowest BCUT2D eigenvalue weighted by Gasteiger charge is -2.23. The molecular formula is C15H15N5. The summed E-state index contributed by atoms with van der Waals surface area (Å²) in [6.07, 6.45) is 3.89. The first-order chi connectivity index (χ1) is 9.78. The predicted molar refractivity (Wildman–Crippen MR) is 76.8 cm³/mol. The monoisotopic (exact) mass is 265 g/mol. The Morgan fingerprint density at radius 3 is 2.80 bits per heavy atom. The molecule has 3 rings (SSSR count). The van der Waals surface area contributed by atoms with Crippen LogP contribution in [0.25, 0.3) is 0 Å². The molecule has 1 heterocycles. The minimum absolute atomic E-state index is 0.390. The van der Waals surface area contributed by atoms with Crippen molar-refractivity contribution in [3.63, 3.8) is 0 Å². The summed E-state index contributed by atoms with van der Waals surface area (Å²) in [6, 6.07) is 11.9. The quantitative estimate of drug-likeness (QED) is 0.856. The lowest BCUT2D eigenvalue weighted by molar-refractivity contribution is 0.758. The standard InChI is InChI=1S/C15H15N5/c16-9-12-7-8-18-15(19-12)20(13-5-6-13)10-11-3-1-2-4-14(11)17/h1-4,7-8,13H,5-6,10,17H2. The van der Waals surface area contributed by atoms with Crippen molar-refractivity contribution in [2.24, 2.45) is 0 Å². The molecule has 1 aromatic heterocycles. The molecule has 0 spiro atoms. The summed E-state index contributed by atoms with van der Waals surface area (Å²) in [4.78, 5) is 10.7. The number of hydrogen-bond acceptors (Lipinski definition) is 5. The molecule has 1 saturated carbocycles. The van der Waals surface area contributed by atoms with Crippen molar-refractivity contribution in [2.75, 3.05) is 10.6 Å². The van der Waals surface area contributed by atoms with E-state index >= 15 is 0 Å². The fraction of sp³-hybridized carbons (Fsp3) is 0.267. The molecule has 100 valence electrons. The molecule has 0 atom stereocenters. The maximum absolute atomic E-state index is 8.95. The van der Waals surface area contributed by atoms with Crippen molar-refractivity contribution in [2.45, 2.75) is 25.4 Å². The van der Waals surface area contributed by atoms with Crippen LogP contribution >= 0.6 is 0 Å². The number of para-hydroxylation sites is 1. The van der Waals surface area contributed by atoms with Gasteiger partial charge in [-0.3, -0.25) is 0 Å². The summed E-state index contributed by atoms with van der Waals surface area (Å²) in [5.41, 5.74) is 8.23. The van der Waals surface area contributed by atoms with Gasteiger partial charge in [-0.15, -0.1) is 0 Å². The van der Waals surface area contributed by atoms with E-state index in [-0.39, 0.29) is 0 Å². The van der Waals surface area contributed by atoms with Crippen LogP contribution in [0.5, 0.6) is 0 Å². The highest BCUT2D eigenvalue weighted by Crippen LogP contribution is 2.31. The van der Waals surface area contributed by atoms with Crippen molar-refractivity contribution < 1.29 is 0 Å². The highest BCUT2D eigenvalue weighted by atomic mass is 15.3. The smallest absolute Gasteiger partial charge is 0.227 e. The molecule has 2 aromatic rings. The average molecular weight is 265 g/mol. The molecule has 1 aromatic carbocycles. The number of rotatable bonds is 4. The van der Waals surface area contributed by atoms with Crippen LogP contribution in [0, 0.1) is 11.3 Å². The van der Waals surface area contributed by atoms with Crippen LogP contribution in [0.4, 0.5) is 11.6 Å². The zero-order valence-electron chi connectivity index (χ0n) is 11.0. The van der Waals surface area contributed by atoms with Crippen LogP contribution in [-0.4, -0.2) is 16.0 Å². The van der Waals surface area contributed by atoms with Gasteiger partial charge in [-0.2, -0.15) is 5.26 Å². The second kappa shape index (κ2) is 5.17. The number of nitrogens with two attached hydrogens (primary N) is 1. The number of nitriles is 1. The second-order valence-electron chi connectivity index (χ2n) is 4.91. The fourth-order valence-electron chi connectivity index (χ4n) is 2.16. The average Bonchev–Trinajstić information content (AvgIpc) is 3.31. The Morgan fingerprint density at radius 2 is 2.10 bits per heavy atom. The maximum Gasteiger partial charge on any atom is 0.227 e. The van der Waals surface area contributed by atoms with Crippen LogP contribution in [0.1, 0.15) is 24.1 Å². The predicted octanol–water partition coefficient (Wildman–Crippen LogP) is 2.10. The molecular weight excluding hydrogens is 250 g/mol. The molecule has 1 aliphatic carbocycles. The van der Waals surface area contributed by atoms with Gasteiger partial charge in [-0.1, -0.05) is 18.2 Å². The summed E-state index contributed by atoms with van der Waals surface area (Å²) >= 11 is 0. The van der Waals surface area contributed by atoms with E-state index in [2.05, 4.69) is 20.9 Å². The fourth-order valence-corrected chi connectivity index (χ4v) is 2.16. The van der Waals surface area contributed by atoms with Crippen LogP contribution in [0.2, 0.25) is 0 Å². The van der Waals surface area contributed by atoms with Gasteiger partial charge in [-0.05, 0) is 30.5 Å². The third-order valence-corrected chi connectivity index (χ3v) is 3.40. The SMILES string of the molecule is N#Cc1ccnc(N(Cc2ccccc2N)C2CC2)n1. The van der Waals surface area contributed by atoms with Gasteiger partial charge < -0.3 is 10.6 Å². The van der Waals surface area contributed by atoms with E-state index < -0.39 is 0 Å². The first-order valence-electron chi connectivity index (χ1n) is 6.61. The van der Waals surface area contributed by atoms with E-state index in [4.69, 9.17) is 11.0 Å². The largest absolute Gasteiger partial charge is 0.398 e. The van der Waals surface area contributed by atoms with Gasteiger partial charge in [0, 0.05) is 24.5 Å². The van der Waals surface area contributed by atoms with Crippen molar-refractivity contribution >= 4 is 11.6 Å². The minimum Gasteiger partial charge on any atom is -0.398 e. The summed E-state index contributed by atoms with van der Waals surface area (Å²) in [5, 5.41) is 8.95. The summed E-state index contributed by atoms with van der Waals surface area (Å²) in [7, 11) is 0. The summed E-state index contributed by atoms with van der Waals surface area (Å²) in [6.45, 7) is 0.673. The van der Waals surface area contributed by atoms with Gasteiger partial charge in [0.25, 0.3) is 0 Å². The Hall–Kier alpha value is -2.61. The molecule has 0 unspecified atom stereocenters. The molecule has 20 heavy (non-hydrogen) atoms. The van der Waals surface area contributed by atoms with Gasteiger partial charge >= 0.3 is 0 Å². The van der Waals surface area contributed by atoms with E-state index in [1.54, 1.807) is 12.3 Å². The van der Waals surface area contributed by atoms with Crippen LogP contribution in [-0.2, 0) is 6.54 Å². The third kappa shape index (κ3) is 2.54. The molecule has 0 saturated heterocycles. The number of aromatic nitrogens is 2. The molecule has 2 N–H and O–H groups in total. The van der Waals surface area contributed by atoms with E-state index in [0.29, 0.717) is 24.2 Å². The Labute approximate surface area is 117 Å². The van der Waals surface area contributed by atoms with Gasteiger partial charge in [-0.25, -0.2) is 9.97 Å². The summed E-state index contributed by atoms with van der Waals surface area (Å²) < 4.78 is 0. The highest BCUT2D eigenvalue weighted by Gasteiger charge is 2.31. The Balaban J connectivity index is 1.90. The zero-order valence-corrected chi connectivity index (χ0v) is 11.0. The third-order valence-electron chi connectivity index (χ3n) is 3.40. The van der Waals surface area contributed by atoms with Crippen LogP contribution in [0.3, 0.4) is 0 Å². The lowest BCUT2D eigenvalue weighted by Crippen LogP contribution is -2.27. The molecule has 0 amide bonds. The highest BCUT2D eigenvalue weighted by molar-refractivity contribution is 5.49. The van der Waals surface area contributed by atoms with Crippen molar-refractivity contribution in [1.82, 2.24) is 9.97 Å². The Morgan fingerprint density at radius 1 is 1.30 bits per heavy atom. The van der Waals surface area contributed by atoms with Crippen molar-refractivity contribution in [3.8, 4) is 6.07 Å². The topological polar surface area (TPSA) is 78.8 Å². The maximum atomic E-state index is 8.95. The zero-order chi connectivity index (χ0) is 13.9. The molecule has 5 nitrogen and oxygen atoms in total. The van der Waals surface area contributed by atoms with E-state index in [1.807, 2.05) is 24.3 Å². The molecule has 0 aliphatic heterocycles. The van der Waals surface area contributed by atoms with Crippen molar-refractivity contribution in [3.05, 3.63) is 47.8 Å². The molecule has 0 bridgehead atoms. The molecule has 1 fully saturated rings. The van der Waals surface area contributed by atoms with Gasteiger partial charge in [0.05, 0.1) is 0 Å². The number of nitrogens with zero attached hydrogens (tertiary/aromatic N) is 4. The van der Waals surface area contributed by atoms with Crippen molar-refractivity contribution in [1.29, 1.82) is 5.26 Å². The number of anilines is 2. The minimum atomic E-state index is 0.390. The Bertz CT molecular complexity index is 657. The van der Waals surface area contributed by atoms with Crippen LogP contribution in [0.15, 0.2) is 36.5 Å². The lowest BCUT2D eigenvalue weighted by atomic mass is 10.1. The van der Waals surface area contributed by atoms with Gasteiger partial charge in [0.1, 0.15) is 11.8 Å². The van der Waals surface area contributed by atoms with Crippen LogP contribution < -0.4 is 10.6 Å². The van der Waals surface area contributed by atoms with E-state index in [9.17, 15) is 0 Å². The molecule has 0 radical (unpaired) electrons. The molecule has 1 aliphatic rings.